The second-order valence-corrected chi connectivity index (χ2v) is 2.00. The van der Waals surface area contributed by atoms with Crippen LogP contribution in [0.2, 0.25) is 0 Å². The van der Waals surface area contributed by atoms with Crippen molar-refractivity contribution in [2.45, 2.75) is 19.3 Å². The highest BCUT2D eigenvalue weighted by Crippen LogP contribution is 2.23. The van der Waals surface area contributed by atoms with Crippen LogP contribution in [0.5, 0.6) is 0 Å². The van der Waals surface area contributed by atoms with Gasteiger partial charge in [-0.25, -0.2) is 8.78 Å². The second kappa shape index (κ2) is 2.25. The summed E-state index contributed by atoms with van der Waals surface area (Å²) in [7, 11) is 0. The van der Waals surface area contributed by atoms with Gasteiger partial charge in [0.15, 0.2) is 11.6 Å². The minimum Gasteiger partial charge on any atom is -0.291 e. The third-order valence-electron chi connectivity index (χ3n) is 1.28. The summed E-state index contributed by atoms with van der Waals surface area (Å²) in [6, 6.07) is 0. The summed E-state index contributed by atoms with van der Waals surface area (Å²) >= 11 is 0. The van der Waals surface area contributed by atoms with Crippen LogP contribution in [0.4, 0.5) is 8.78 Å². The van der Waals surface area contributed by atoms with E-state index in [1.165, 1.54) is 0 Å². The normalized spacial score (nSPS) is 20.9. The zero-order valence-corrected chi connectivity index (χ0v) is 4.79. The van der Waals surface area contributed by atoms with Crippen molar-refractivity contribution in [1.29, 1.82) is 0 Å². The Balaban J connectivity index is 2.84. The summed E-state index contributed by atoms with van der Waals surface area (Å²) in [5.41, 5.74) is 0. The Labute approximate surface area is 51.4 Å². The highest BCUT2D eigenvalue weighted by atomic mass is 19.2. The van der Waals surface area contributed by atoms with Crippen molar-refractivity contribution < 1.29 is 13.6 Å². The molecule has 50 valence electrons. The molecule has 0 aromatic heterocycles. The molecule has 1 aliphatic carbocycles. The van der Waals surface area contributed by atoms with Gasteiger partial charge in [-0.15, -0.1) is 0 Å². The zero-order chi connectivity index (χ0) is 6.85. The molecule has 0 N–H and O–H groups in total. The zero-order valence-electron chi connectivity index (χ0n) is 4.79. The van der Waals surface area contributed by atoms with E-state index in [1.807, 2.05) is 0 Å². The Morgan fingerprint density at radius 1 is 1.22 bits per heavy atom. The molecule has 0 radical (unpaired) electrons. The summed E-state index contributed by atoms with van der Waals surface area (Å²) in [6.45, 7) is 0. The van der Waals surface area contributed by atoms with E-state index in [2.05, 4.69) is 0 Å². The van der Waals surface area contributed by atoms with Crippen molar-refractivity contribution in [3.63, 3.8) is 0 Å². The van der Waals surface area contributed by atoms with Crippen LogP contribution in [-0.2, 0) is 4.79 Å². The van der Waals surface area contributed by atoms with Gasteiger partial charge < -0.3 is 0 Å². The average Bonchev–Trinajstić information content (AvgIpc) is 1.83. The number of halogens is 2. The number of hydrogen-bond donors (Lipinski definition) is 0. The number of Topliss-reactive ketones (excluding diaryl/α,β-unsaturated/α-hetero) is 1. The minimum atomic E-state index is -1.17. The highest BCUT2D eigenvalue weighted by Gasteiger charge is 2.19. The van der Waals surface area contributed by atoms with Crippen LogP contribution >= 0.6 is 0 Å². The topological polar surface area (TPSA) is 17.1 Å². The third kappa shape index (κ3) is 1.15. The average molecular weight is 132 g/mol. The van der Waals surface area contributed by atoms with E-state index in [4.69, 9.17) is 0 Å². The Bertz CT molecular complexity index is 172. The molecule has 0 aliphatic heterocycles. The molecule has 9 heavy (non-hydrogen) atoms. The Morgan fingerprint density at radius 2 is 1.89 bits per heavy atom. The van der Waals surface area contributed by atoms with Gasteiger partial charge in [0.1, 0.15) is 5.83 Å². The number of rotatable bonds is 0. The van der Waals surface area contributed by atoms with Gasteiger partial charge in [0.05, 0.1) is 0 Å². The van der Waals surface area contributed by atoms with Gasteiger partial charge in [0, 0.05) is 12.8 Å². The number of ketones is 1. The molecule has 0 aromatic rings. The van der Waals surface area contributed by atoms with Gasteiger partial charge in [-0.05, 0) is 6.42 Å². The van der Waals surface area contributed by atoms with E-state index in [1.54, 1.807) is 0 Å². The van der Waals surface area contributed by atoms with Crippen LogP contribution in [0.1, 0.15) is 19.3 Å². The first-order chi connectivity index (χ1) is 4.22. The predicted molar refractivity (Wildman–Crippen MR) is 28.1 cm³/mol. The quantitative estimate of drug-likeness (QED) is 0.491. The summed E-state index contributed by atoms with van der Waals surface area (Å²) in [6.07, 6.45) is 0.676. The lowest BCUT2D eigenvalue weighted by atomic mass is 10.1. The van der Waals surface area contributed by atoms with Gasteiger partial charge in [-0.2, -0.15) is 0 Å². The third-order valence-corrected chi connectivity index (χ3v) is 1.28. The Kier molecular flexibility index (Phi) is 1.60. The van der Waals surface area contributed by atoms with Crippen molar-refractivity contribution >= 4 is 5.78 Å². The number of carbonyl (C=O) groups is 1. The van der Waals surface area contributed by atoms with Crippen molar-refractivity contribution in [3.05, 3.63) is 11.7 Å². The van der Waals surface area contributed by atoms with Crippen molar-refractivity contribution in [1.82, 2.24) is 0 Å². The maximum atomic E-state index is 12.1. The lowest BCUT2D eigenvalue weighted by Crippen LogP contribution is -2.05. The van der Waals surface area contributed by atoms with E-state index in [-0.39, 0.29) is 12.8 Å². The molecular weight excluding hydrogens is 126 g/mol. The number of hydrogen-bond acceptors (Lipinski definition) is 1. The van der Waals surface area contributed by atoms with Crippen LogP contribution < -0.4 is 0 Å². The Hall–Kier alpha value is -0.730. The standard InChI is InChI=1S/C6H6F2O/c7-4-2-1-3-5(9)6(4)8/h1-3H2. The lowest BCUT2D eigenvalue weighted by Gasteiger charge is -2.05. The molecule has 0 aromatic carbocycles. The monoisotopic (exact) mass is 132 g/mol. The first-order valence-corrected chi connectivity index (χ1v) is 2.79. The van der Waals surface area contributed by atoms with Crippen LogP contribution in [0.15, 0.2) is 11.7 Å². The molecule has 0 atom stereocenters. The van der Waals surface area contributed by atoms with Crippen molar-refractivity contribution in [2.75, 3.05) is 0 Å². The summed E-state index contributed by atoms with van der Waals surface area (Å²) in [4.78, 5) is 10.3. The van der Waals surface area contributed by atoms with E-state index < -0.39 is 17.4 Å². The van der Waals surface area contributed by atoms with Crippen molar-refractivity contribution in [2.24, 2.45) is 0 Å². The lowest BCUT2D eigenvalue weighted by molar-refractivity contribution is -0.117. The van der Waals surface area contributed by atoms with Gasteiger partial charge in [-0.1, -0.05) is 0 Å². The molecule has 1 nitrogen and oxygen atoms in total. The maximum absolute atomic E-state index is 12.1. The van der Waals surface area contributed by atoms with Gasteiger partial charge in [0.25, 0.3) is 0 Å². The van der Waals surface area contributed by atoms with E-state index >= 15 is 0 Å². The molecule has 0 spiro atoms. The fraction of sp³-hybridized carbons (Fsp3) is 0.500. The second-order valence-electron chi connectivity index (χ2n) is 2.00. The SMILES string of the molecule is O=C1CCCC(F)=C1F. The van der Waals surface area contributed by atoms with Crippen LogP contribution in [0, 0.1) is 0 Å². The molecule has 1 rings (SSSR count). The molecule has 0 saturated heterocycles. The predicted octanol–water partition coefficient (Wildman–Crippen LogP) is 1.89. The summed E-state index contributed by atoms with van der Waals surface area (Å²) < 4.78 is 24.2. The molecule has 0 fully saturated rings. The van der Waals surface area contributed by atoms with Crippen molar-refractivity contribution in [3.8, 4) is 0 Å². The van der Waals surface area contributed by atoms with Gasteiger partial charge >= 0.3 is 0 Å². The molecule has 1 aliphatic rings. The highest BCUT2D eigenvalue weighted by molar-refractivity contribution is 5.94. The largest absolute Gasteiger partial charge is 0.291 e. The minimum absolute atomic E-state index is 0.0809. The fourth-order valence-corrected chi connectivity index (χ4v) is 0.775. The fourth-order valence-electron chi connectivity index (χ4n) is 0.775. The summed E-state index contributed by atoms with van der Waals surface area (Å²) in [5, 5.41) is 0. The number of allylic oxidation sites excluding steroid dienone is 2. The van der Waals surface area contributed by atoms with Crippen LogP contribution in [0.3, 0.4) is 0 Å². The van der Waals surface area contributed by atoms with Gasteiger partial charge in [-0.3, -0.25) is 4.79 Å². The van der Waals surface area contributed by atoms with E-state index in [9.17, 15) is 13.6 Å². The van der Waals surface area contributed by atoms with Gasteiger partial charge in [0.2, 0.25) is 0 Å². The first-order valence-electron chi connectivity index (χ1n) is 2.79. The summed E-state index contributed by atoms with van der Waals surface area (Å²) in [5.74, 6) is -2.74. The Morgan fingerprint density at radius 3 is 2.33 bits per heavy atom. The molecule has 0 heterocycles. The smallest absolute Gasteiger partial charge is 0.197 e. The maximum Gasteiger partial charge on any atom is 0.197 e. The van der Waals surface area contributed by atoms with E-state index in [0.29, 0.717) is 6.42 Å². The van der Waals surface area contributed by atoms with Crippen LogP contribution in [0.25, 0.3) is 0 Å². The van der Waals surface area contributed by atoms with E-state index in [0.717, 1.165) is 0 Å². The molecule has 3 heteroatoms. The molecule has 0 saturated carbocycles. The molecule has 0 unspecified atom stereocenters. The molecule has 0 bridgehead atoms. The molecule has 0 amide bonds. The molecular formula is C6H6F2O. The first kappa shape index (κ1) is 6.39. The number of carbonyl (C=O) groups excluding carboxylic acids is 1. The van der Waals surface area contributed by atoms with Crippen LogP contribution in [-0.4, -0.2) is 5.78 Å².